The molecule has 2 aliphatic rings. The average molecular weight is 241 g/mol. The normalized spacial score (nSPS) is 33.5. The summed E-state index contributed by atoms with van der Waals surface area (Å²) in [6.07, 6.45) is 0. The Morgan fingerprint density at radius 2 is 1.12 bits per heavy atom. The molecule has 2 saturated heterocycles. The highest BCUT2D eigenvalue weighted by molar-refractivity contribution is 6.42. The Morgan fingerprint density at radius 3 is 1.41 bits per heavy atom. The molecule has 0 aliphatic carbocycles. The Morgan fingerprint density at radius 1 is 0.706 bits per heavy atom. The topological polar surface area (TPSA) is 30.9 Å². The fraction of sp³-hybridized carbons (Fsp3) is 1.00. The van der Waals surface area contributed by atoms with Crippen molar-refractivity contribution in [2.45, 2.75) is 77.7 Å². The van der Waals surface area contributed by atoms with Crippen LogP contribution in [0.5, 0.6) is 0 Å². The van der Waals surface area contributed by atoms with Gasteiger partial charge < -0.3 is 9.31 Å². The molecule has 0 bridgehead atoms. The number of rotatable bonds is 1. The third-order valence-corrected chi connectivity index (χ3v) is 4.78. The van der Waals surface area contributed by atoms with Crippen LogP contribution < -0.4 is 0 Å². The molecule has 2 fully saturated rings. The molecule has 4 nitrogen and oxygen atoms in total. The van der Waals surface area contributed by atoms with E-state index >= 15 is 0 Å². The van der Waals surface area contributed by atoms with Crippen LogP contribution in [0.1, 0.15) is 55.4 Å². The molecular weight excluding hydrogens is 217 g/mol. The molecule has 17 heavy (non-hydrogen) atoms. The lowest BCUT2D eigenvalue weighted by atomic mass is 9.78. The van der Waals surface area contributed by atoms with Crippen molar-refractivity contribution in [3.8, 4) is 0 Å². The van der Waals surface area contributed by atoms with Gasteiger partial charge in [0.05, 0.1) is 16.7 Å². The molecule has 0 radical (unpaired) electrons. The fourth-order valence-electron chi connectivity index (χ4n) is 1.91. The first-order valence-corrected chi connectivity index (χ1v) is 6.25. The summed E-state index contributed by atoms with van der Waals surface area (Å²) < 4.78 is 12.0. The maximum atomic E-state index is 5.98. The van der Waals surface area contributed by atoms with Gasteiger partial charge in [0.15, 0.2) is 0 Å². The minimum atomic E-state index is -0.428. The van der Waals surface area contributed by atoms with Crippen LogP contribution >= 0.6 is 0 Å². The van der Waals surface area contributed by atoms with E-state index in [0.29, 0.717) is 0 Å². The number of hydrogen-bond donors (Lipinski definition) is 0. The van der Waals surface area contributed by atoms with Gasteiger partial charge in [-0.3, -0.25) is 4.84 Å². The van der Waals surface area contributed by atoms with Crippen molar-refractivity contribution < 1.29 is 14.1 Å². The lowest BCUT2D eigenvalue weighted by Gasteiger charge is -2.59. The SMILES string of the molecule is CC1(C)OB(N2OC(C)(C)C2(C)C)OC1(C)C. The zero-order valence-corrected chi connectivity index (χ0v) is 12.2. The van der Waals surface area contributed by atoms with E-state index in [9.17, 15) is 0 Å². The second-order valence-corrected chi connectivity index (χ2v) is 7.05. The van der Waals surface area contributed by atoms with Crippen LogP contribution in [0.4, 0.5) is 0 Å². The average Bonchev–Trinajstić information content (AvgIpc) is 2.32. The largest absolute Gasteiger partial charge is 0.584 e. The van der Waals surface area contributed by atoms with Gasteiger partial charge in [0.2, 0.25) is 0 Å². The molecule has 0 unspecified atom stereocenters. The van der Waals surface area contributed by atoms with Crippen molar-refractivity contribution in [2.75, 3.05) is 0 Å². The van der Waals surface area contributed by atoms with E-state index in [1.807, 2.05) is 32.7 Å². The van der Waals surface area contributed by atoms with Crippen molar-refractivity contribution >= 4 is 7.25 Å². The molecule has 0 atom stereocenters. The van der Waals surface area contributed by atoms with E-state index in [2.05, 4.69) is 27.7 Å². The monoisotopic (exact) mass is 241 g/mol. The highest BCUT2D eigenvalue weighted by atomic mass is 16.8. The molecule has 0 aromatic carbocycles. The molecular formula is C12H24BNO3. The standard InChI is InChI=1S/C12H24BNO3/c1-9(2)10(3,4)17-14(9)13-15-11(5,6)12(7,8)16-13/h1-8H3. The fourth-order valence-corrected chi connectivity index (χ4v) is 1.91. The smallest absolute Gasteiger partial charge is 0.388 e. The van der Waals surface area contributed by atoms with Gasteiger partial charge in [-0.1, -0.05) is 0 Å². The van der Waals surface area contributed by atoms with E-state index in [1.54, 1.807) is 0 Å². The Bertz CT molecular complexity index is 323. The van der Waals surface area contributed by atoms with Gasteiger partial charge in [-0.05, 0) is 55.4 Å². The Labute approximate surface area is 105 Å². The van der Waals surface area contributed by atoms with Crippen molar-refractivity contribution in [3.05, 3.63) is 0 Å². The van der Waals surface area contributed by atoms with Gasteiger partial charge in [-0.25, -0.2) is 0 Å². The summed E-state index contributed by atoms with van der Waals surface area (Å²) >= 11 is 0. The summed E-state index contributed by atoms with van der Waals surface area (Å²) in [7, 11) is -0.428. The second-order valence-electron chi connectivity index (χ2n) is 7.05. The van der Waals surface area contributed by atoms with Crippen LogP contribution in [0.3, 0.4) is 0 Å². The first kappa shape index (κ1) is 13.3. The highest BCUT2D eigenvalue weighted by Gasteiger charge is 2.65. The van der Waals surface area contributed by atoms with E-state index in [-0.39, 0.29) is 22.3 Å². The molecule has 0 spiro atoms. The Balaban J connectivity index is 2.14. The first-order chi connectivity index (χ1) is 7.41. The molecule has 2 rings (SSSR count). The summed E-state index contributed by atoms with van der Waals surface area (Å²) in [5.74, 6) is 0. The van der Waals surface area contributed by atoms with Crippen molar-refractivity contribution in [1.29, 1.82) is 0 Å². The molecule has 2 heterocycles. The second kappa shape index (κ2) is 3.26. The van der Waals surface area contributed by atoms with Crippen LogP contribution in [0.2, 0.25) is 0 Å². The molecule has 0 amide bonds. The van der Waals surface area contributed by atoms with Crippen LogP contribution in [0.25, 0.3) is 0 Å². The van der Waals surface area contributed by atoms with Gasteiger partial charge in [0.25, 0.3) is 0 Å². The maximum absolute atomic E-state index is 5.98. The van der Waals surface area contributed by atoms with Gasteiger partial charge in [-0.2, -0.15) is 4.97 Å². The molecule has 0 N–H and O–H groups in total. The predicted molar refractivity (Wildman–Crippen MR) is 67.2 cm³/mol. The number of nitrogens with zero attached hydrogens (tertiary/aromatic N) is 1. The van der Waals surface area contributed by atoms with Crippen molar-refractivity contribution in [1.82, 2.24) is 4.97 Å². The molecule has 2 aliphatic heterocycles. The summed E-state index contributed by atoms with van der Waals surface area (Å²) in [5, 5.41) is 0. The van der Waals surface area contributed by atoms with E-state index < -0.39 is 7.25 Å². The Kier molecular flexibility index (Phi) is 2.56. The molecule has 0 aromatic heterocycles. The maximum Gasteiger partial charge on any atom is 0.584 e. The van der Waals surface area contributed by atoms with Crippen LogP contribution in [-0.2, 0) is 14.1 Å². The van der Waals surface area contributed by atoms with E-state index in [1.165, 1.54) is 0 Å². The van der Waals surface area contributed by atoms with E-state index in [4.69, 9.17) is 14.1 Å². The summed E-state index contributed by atoms with van der Waals surface area (Å²) in [5.41, 5.74) is -0.932. The molecule has 0 aromatic rings. The molecule has 98 valence electrons. The highest BCUT2D eigenvalue weighted by Crippen LogP contribution is 2.47. The van der Waals surface area contributed by atoms with Crippen molar-refractivity contribution in [2.24, 2.45) is 0 Å². The lowest BCUT2D eigenvalue weighted by molar-refractivity contribution is -0.382. The molecule has 0 saturated carbocycles. The quantitative estimate of drug-likeness (QED) is 0.659. The first-order valence-electron chi connectivity index (χ1n) is 6.25. The third-order valence-electron chi connectivity index (χ3n) is 4.78. The minimum Gasteiger partial charge on any atom is -0.388 e. The zero-order valence-electron chi connectivity index (χ0n) is 12.2. The van der Waals surface area contributed by atoms with Gasteiger partial charge in [0.1, 0.15) is 5.60 Å². The third kappa shape index (κ3) is 1.67. The number of hydrogen-bond acceptors (Lipinski definition) is 4. The minimum absolute atomic E-state index is 0.103. The van der Waals surface area contributed by atoms with Crippen LogP contribution in [-0.4, -0.2) is 34.6 Å². The van der Waals surface area contributed by atoms with Crippen LogP contribution in [0, 0.1) is 0 Å². The molecule has 5 heteroatoms. The van der Waals surface area contributed by atoms with Gasteiger partial charge in [0, 0.05) is 0 Å². The van der Waals surface area contributed by atoms with Crippen molar-refractivity contribution in [3.63, 3.8) is 0 Å². The van der Waals surface area contributed by atoms with Gasteiger partial charge in [-0.15, -0.1) is 0 Å². The van der Waals surface area contributed by atoms with Gasteiger partial charge >= 0.3 is 7.25 Å². The van der Waals surface area contributed by atoms with E-state index in [0.717, 1.165) is 0 Å². The Hall–Kier alpha value is -0.0951. The summed E-state index contributed by atoms with van der Waals surface area (Å²) in [6, 6.07) is 0. The van der Waals surface area contributed by atoms with Crippen LogP contribution in [0.15, 0.2) is 0 Å². The number of hydroxylamine groups is 1. The lowest BCUT2D eigenvalue weighted by Crippen LogP contribution is -2.75. The predicted octanol–water partition coefficient (Wildman–Crippen LogP) is 2.38. The summed E-state index contributed by atoms with van der Waals surface area (Å²) in [4.78, 5) is 7.62. The zero-order chi connectivity index (χ0) is 13.3. The summed E-state index contributed by atoms with van der Waals surface area (Å²) in [6.45, 7) is 16.6.